The van der Waals surface area contributed by atoms with E-state index in [2.05, 4.69) is 57.8 Å². The number of alkyl halides is 2. The third kappa shape index (κ3) is 6.29. The van der Waals surface area contributed by atoms with Crippen molar-refractivity contribution in [1.29, 1.82) is 0 Å². The van der Waals surface area contributed by atoms with E-state index < -0.39 is 0 Å². The molecule has 0 radical (unpaired) electrons. The first-order valence-electron chi connectivity index (χ1n) is 4.88. The van der Waals surface area contributed by atoms with Gasteiger partial charge in [-0.25, -0.2) is 4.98 Å². The van der Waals surface area contributed by atoms with Crippen LogP contribution >= 0.6 is 47.8 Å². The highest BCUT2D eigenvalue weighted by molar-refractivity contribution is 9.10. The van der Waals surface area contributed by atoms with Crippen LogP contribution < -0.4 is 0 Å². The Morgan fingerprint density at radius 3 is 2.18 bits per heavy atom. The molecule has 0 bridgehead atoms. The highest BCUT2D eigenvalue weighted by Gasteiger charge is 1.88. The van der Waals surface area contributed by atoms with Crippen LogP contribution in [-0.2, 0) is 10.7 Å². The minimum atomic E-state index is 0.841. The van der Waals surface area contributed by atoms with Crippen LogP contribution in [0.1, 0.15) is 11.3 Å². The summed E-state index contributed by atoms with van der Waals surface area (Å²) in [6, 6.07) is 9.81. The molecule has 0 N–H and O–H groups in total. The summed E-state index contributed by atoms with van der Waals surface area (Å²) in [6.07, 6.45) is 3.62. The predicted molar refractivity (Wildman–Crippen MR) is 81.4 cm³/mol. The fraction of sp³-hybridized carbons (Fsp3) is 0.167. The van der Waals surface area contributed by atoms with Crippen molar-refractivity contribution in [3.8, 4) is 0 Å². The second kappa shape index (κ2) is 8.78. The van der Waals surface area contributed by atoms with Crippen molar-refractivity contribution in [3.05, 3.63) is 58.6 Å². The minimum absolute atomic E-state index is 0.841. The molecular weight excluding hydrogens is 412 g/mol. The molecule has 0 aromatic carbocycles. The number of halogens is 3. The smallest absolute Gasteiger partial charge is 0.106 e. The van der Waals surface area contributed by atoms with Gasteiger partial charge in [0, 0.05) is 23.1 Å². The summed E-state index contributed by atoms with van der Waals surface area (Å²) in [7, 11) is 0. The molecule has 0 saturated heterocycles. The largest absolute Gasteiger partial charge is 0.260 e. The SMILES string of the molecule is BrCc1ccc(Br)nc1.BrCc1ccccn1. The number of hydrogen-bond acceptors (Lipinski definition) is 2. The van der Waals surface area contributed by atoms with Gasteiger partial charge in [-0.3, -0.25) is 4.98 Å². The maximum absolute atomic E-state index is 4.05. The molecule has 0 fully saturated rings. The van der Waals surface area contributed by atoms with E-state index in [0.29, 0.717) is 0 Å². The molecule has 0 saturated carbocycles. The number of nitrogens with zero attached hydrogens (tertiary/aromatic N) is 2. The lowest BCUT2D eigenvalue weighted by atomic mass is 10.3. The van der Waals surface area contributed by atoms with E-state index in [0.717, 1.165) is 21.0 Å². The van der Waals surface area contributed by atoms with Gasteiger partial charge in [0.15, 0.2) is 0 Å². The van der Waals surface area contributed by atoms with Crippen LogP contribution in [0.2, 0.25) is 0 Å². The molecule has 0 spiro atoms. The highest BCUT2D eigenvalue weighted by Crippen LogP contribution is 2.08. The molecular formula is C12H11Br3N2. The van der Waals surface area contributed by atoms with Crippen LogP contribution in [0.4, 0.5) is 0 Å². The minimum Gasteiger partial charge on any atom is -0.260 e. The third-order valence-corrected chi connectivity index (χ3v) is 3.50. The quantitative estimate of drug-likeness (QED) is 0.517. The molecule has 0 atom stereocenters. The van der Waals surface area contributed by atoms with Gasteiger partial charge in [0.1, 0.15) is 4.60 Å². The van der Waals surface area contributed by atoms with Crippen LogP contribution in [-0.4, -0.2) is 9.97 Å². The Morgan fingerprint density at radius 1 is 0.941 bits per heavy atom. The summed E-state index contributed by atoms with van der Waals surface area (Å²) < 4.78 is 0.882. The molecule has 2 rings (SSSR count). The lowest BCUT2D eigenvalue weighted by Gasteiger charge is -1.91. The van der Waals surface area contributed by atoms with Crippen LogP contribution in [0.3, 0.4) is 0 Å². The van der Waals surface area contributed by atoms with Gasteiger partial charge in [-0.05, 0) is 39.7 Å². The Balaban J connectivity index is 0.000000171. The summed E-state index contributed by atoms with van der Waals surface area (Å²) >= 11 is 9.87. The molecule has 2 aromatic rings. The molecule has 2 nitrogen and oxygen atoms in total. The van der Waals surface area contributed by atoms with Gasteiger partial charge in [0.2, 0.25) is 0 Å². The Morgan fingerprint density at radius 2 is 1.76 bits per heavy atom. The van der Waals surface area contributed by atoms with Crippen molar-refractivity contribution in [2.24, 2.45) is 0 Å². The van der Waals surface area contributed by atoms with Crippen molar-refractivity contribution in [2.75, 3.05) is 0 Å². The van der Waals surface area contributed by atoms with Gasteiger partial charge < -0.3 is 0 Å². The van der Waals surface area contributed by atoms with E-state index in [4.69, 9.17) is 0 Å². The van der Waals surface area contributed by atoms with Crippen LogP contribution in [0, 0.1) is 0 Å². The van der Waals surface area contributed by atoms with Crippen molar-refractivity contribution in [2.45, 2.75) is 10.7 Å². The Bertz CT molecular complexity index is 418. The average molecular weight is 423 g/mol. The molecule has 90 valence electrons. The summed E-state index contributed by atoms with van der Waals surface area (Å²) in [5, 5.41) is 1.71. The Kier molecular flexibility index (Phi) is 7.64. The van der Waals surface area contributed by atoms with Crippen molar-refractivity contribution in [1.82, 2.24) is 9.97 Å². The van der Waals surface area contributed by atoms with E-state index in [1.807, 2.05) is 36.5 Å². The summed E-state index contributed by atoms with van der Waals surface area (Å²) in [6.45, 7) is 0. The first kappa shape index (κ1) is 14.8. The fourth-order valence-electron chi connectivity index (χ4n) is 0.963. The van der Waals surface area contributed by atoms with Crippen molar-refractivity contribution in [3.63, 3.8) is 0 Å². The first-order valence-corrected chi connectivity index (χ1v) is 7.92. The monoisotopic (exact) mass is 420 g/mol. The van der Waals surface area contributed by atoms with E-state index in [9.17, 15) is 0 Å². The maximum Gasteiger partial charge on any atom is 0.106 e. The maximum atomic E-state index is 4.05. The van der Waals surface area contributed by atoms with Crippen molar-refractivity contribution < 1.29 is 0 Å². The summed E-state index contributed by atoms with van der Waals surface area (Å²) in [4.78, 5) is 8.09. The number of hydrogen-bond donors (Lipinski definition) is 0. The second-order valence-electron chi connectivity index (χ2n) is 3.08. The summed E-state index contributed by atoms with van der Waals surface area (Å²) in [5.74, 6) is 0. The topological polar surface area (TPSA) is 25.8 Å². The molecule has 0 aliphatic heterocycles. The predicted octanol–water partition coefficient (Wildman–Crippen LogP) is 4.72. The van der Waals surface area contributed by atoms with Crippen LogP contribution in [0.15, 0.2) is 47.3 Å². The second-order valence-corrected chi connectivity index (χ2v) is 5.01. The number of pyridine rings is 2. The van der Waals surface area contributed by atoms with Gasteiger partial charge in [0.25, 0.3) is 0 Å². The zero-order chi connectivity index (χ0) is 12.5. The molecule has 0 unspecified atom stereocenters. The van der Waals surface area contributed by atoms with E-state index in [1.165, 1.54) is 5.56 Å². The van der Waals surface area contributed by atoms with Gasteiger partial charge >= 0.3 is 0 Å². The lowest BCUT2D eigenvalue weighted by molar-refractivity contribution is 1.19. The standard InChI is InChI=1S/C6H5Br2N.C6H6BrN/c7-3-5-1-2-6(8)9-4-5;7-5-6-3-1-2-4-8-6/h1-2,4H,3H2;1-4H,5H2. The molecule has 2 aromatic heterocycles. The van der Waals surface area contributed by atoms with Crippen LogP contribution in [0.25, 0.3) is 0 Å². The third-order valence-electron chi connectivity index (χ3n) is 1.81. The molecule has 5 heteroatoms. The first-order chi connectivity index (χ1) is 8.26. The molecule has 0 aliphatic rings. The van der Waals surface area contributed by atoms with Gasteiger partial charge in [-0.2, -0.15) is 0 Å². The summed E-state index contributed by atoms with van der Waals surface area (Å²) in [5.41, 5.74) is 2.27. The lowest BCUT2D eigenvalue weighted by Crippen LogP contribution is -1.78. The van der Waals surface area contributed by atoms with E-state index in [1.54, 1.807) is 6.20 Å². The average Bonchev–Trinajstić information content (AvgIpc) is 2.41. The molecule has 0 aliphatic carbocycles. The number of rotatable bonds is 2. The van der Waals surface area contributed by atoms with Crippen LogP contribution in [0.5, 0.6) is 0 Å². The number of aromatic nitrogens is 2. The van der Waals surface area contributed by atoms with Crippen molar-refractivity contribution >= 4 is 47.8 Å². The molecule has 0 amide bonds. The van der Waals surface area contributed by atoms with Gasteiger partial charge in [-0.15, -0.1) is 0 Å². The Hall–Kier alpha value is -0.260. The molecule has 2 heterocycles. The Labute approximate surface area is 126 Å². The highest BCUT2D eigenvalue weighted by atomic mass is 79.9. The van der Waals surface area contributed by atoms with Gasteiger partial charge in [-0.1, -0.05) is 44.0 Å². The molecule has 17 heavy (non-hydrogen) atoms. The zero-order valence-corrected chi connectivity index (χ0v) is 13.7. The van der Waals surface area contributed by atoms with Gasteiger partial charge in [0.05, 0.1) is 5.69 Å². The fourth-order valence-corrected chi connectivity index (χ4v) is 1.86. The van der Waals surface area contributed by atoms with E-state index >= 15 is 0 Å². The van der Waals surface area contributed by atoms with E-state index in [-0.39, 0.29) is 0 Å². The zero-order valence-electron chi connectivity index (χ0n) is 8.98. The normalized spacial score (nSPS) is 9.35.